The van der Waals surface area contributed by atoms with E-state index in [1.54, 1.807) is 6.07 Å². The number of carboxylic acid groups (broad SMARTS) is 1. The first-order valence-corrected chi connectivity index (χ1v) is 7.10. The average Bonchev–Trinajstić information content (AvgIpc) is 3.06. The molecule has 0 saturated heterocycles. The van der Waals surface area contributed by atoms with Crippen LogP contribution in [-0.2, 0) is 0 Å². The van der Waals surface area contributed by atoms with Gasteiger partial charge in [0.2, 0.25) is 0 Å². The Kier molecular flexibility index (Phi) is 3.58. The monoisotopic (exact) mass is 274 g/mol. The summed E-state index contributed by atoms with van der Waals surface area (Å²) < 4.78 is 5.54. The van der Waals surface area contributed by atoms with Crippen LogP contribution in [0.4, 0.5) is 6.01 Å². The lowest BCUT2D eigenvalue weighted by molar-refractivity contribution is 0.0697. The van der Waals surface area contributed by atoms with Crippen molar-refractivity contribution >= 4 is 23.1 Å². The van der Waals surface area contributed by atoms with Gasteiger partial charge in [0.15, 0.2) is 5.58 Å². The third kappa shape index (κ3) is 2.76. The molecule has 0 radical (unpaired) electrons. The summed E-state index contributed by atoms with van der Waals surface area (Å²) in [6, 6.07) is 5.19. The number of benzene rings is 1. The van der Waals surface area contributed by atoms with Gasteiger partial charge in [0, 0.05) is 6.54 Å². The van der Waals surface area contributed by atoms with Crippen LogP contribution in [0.1, 0.15) is 42.5 Å². The van der Waals surface area contributed by atoms with Gasteiger partial charge in [0.1, 0.15) is 5.52 Å². The van der Waals surface area contributed by atoms with Crippen molar-refractivity contribution in [3.05, 3.63) is 23.8 Å². The molecule has 2 aromatic rings. The topological polar surface area (TPSA) is 75.4 Å². The number of carboxylic acids is 1. The lowest BCUT2D eigenvalue weighted by Crippen LogP contribution is -2.06. The molecular weight excluding hydrogens is 256 g/mol. The van der Waals surface area contributed by atoms with Gasteiger partial charge in [-0.15, -0.1) is 0 Å². The normalized spacial score (nSPS) is 15.8. The van der Waals surface area contributed by atoms with Gasteiger partial charge in [-0.05, 0) is 30.5 Å². The fourth-order valence-electron chi connectivity index (χ4n) is 2.82. The molecule has 1 heterocycles. The zero-order chi connectivity index (χ0) is 13.9. The van der Waals surface area contributed by atoms with Crippen LogP contribution in [0.2, 0.25) is 0 Å². The number of hydrogen-bond donors (Lipinski definition) is 2. The second-order valence-electron chi connectivity index (χ2n) is 5.37. The van der Waals surface area contributed by atoms with Crippen LogP contribution in [0.3, 0.4) is 0 Å². The van der Waals surface area contributed by atoms with Crippen LogP contribution in [0, 0.1) is 5.92 Å². The Morgan fingerprint density at radius 2 is 2.20 bits per heavy atom. The maximum atomic E-state index is 10.9. The average molecular weight is 274 g/mol. The number of nitrogens with one attached hydrogen (secondary N) is 1. The van der Waals surface area contributed by atoms with E-state index < -0.39 is 5.97 Å². The molecule has 1 aliphatic carbocycles. The van der Waals surface area contributed by atoms with E-state index in [4.69, 9.17) is 9.52 Å². The van der Waals surface area contributed by atoms with E-state index in [2.05, 4.69) is 10.3 Å². The van der Waals surface area contributed by atoms with E-state index in [-0.39, 0.29) is 5.56 Å². The van der Waals surface area contributed by atoms with E-state index in [0.717, 1.165) is 18.9 Å². The Labute approximate surface area is 117 Å². The number of aromatic nitrogens is 1. The molecule has 106 valence electrons. The fourth-order valence-corrected chi connectivity index (χ4v) is 2.82. The zero-order valence-corrected chi connectivity index (χ0v) is 11.3. The number of aromatic carboxylic acids is 1. The highest BCUT2D eigenvalue weighted by molar-refractivity contribution is 5.92. The van der Waals surface area contributed by atoms with E-state index in [1.807, 2.05) is 0 Å². The molecule has 0 aliphatic heterocycles. The Bertz CT molecular complexity index is 615. The van der Waals surface area contributed by atoms with E-state index >= 15 is 0 Å². The van der Waals surface area contributed by atoms with Gasteiger partial charge in [-0.3, -0.25) is 0 Å². The summed E-state index contributed by atoms with van der Waals surface area (Å²) in [6.07, 6.45) is 6.50. The first-order valence-electron chi connectivity index (χ1n) is 7.10. The molecule has 1 saturated carbocycles. The van der Waals surface area contributed by atoms with Crippen LogP contribution in [0.25, 0.3) is 11.1 Å². The van der Waals surface area contributed by atoms with Crippen LogP contribution in [-0.4, -0.2) is 22.6 Å². The standard InChI is InChI=1S/C15H18N2O3/c18-14(19)11-5-6-12-13(9-11)20-15(17-12)16-8-7-10-3-1-2-4-10/h5-6,9-10H,1-4,7-8H2,(H,16,17)(H,18,19). The molecule has 20 heavy (non-hydrogen) atoms. The molecule has 1 aliphatic rings. The molecule has 1 aromatic heterocycles. The van der Waals surface area contributed by atoms with Gasteiger partial charge in [-0.2, -0.15) is 4.98 Å². The second kappa shape index (κ2) is 5.53. The number of fused-ring (bicyclic) bond motifs is 1. The van der Waals surface area contributed by atoms with Gasteiger partial charge in [0.25, 0.3) is 6.01 Å². The molecular formula is C15H18N2O3. The first kappa shape index (κ1) is 13.0. The Morgan fingerprint density at radius 3 is 2.95 bits per heavy atom. The SMILES string of the molecule is O=C(O)c1ccc2nc(NCCC3CCCC3)oc2c1. The van der Waals surface area contributed by atoms with Crippen molar-refractivity contribution in [3.8, 4) is 0 Å². The van der Waals surface area contributed by atoms with Crippen LogP contribution < -0.4 is 5.32 Å². The minimum atomic E-state index is -0.959. The number of oxazole rings is 1. The summed E-state index contributed by atoms with van der Waals surface area (Å²) >= 11 is 0. The van der Waals surface area contributed by atoms with Crippen LogP contribution in [0.15, 0.2) is 22.6 Å². The predicted molar refractivity (Wildman–Crippen MR) is 76.0 cm³/mol. The first-order chi connectivity index (χ1) is 9.72. The third-order valence-electron chi connectivity index (χ3n) is 3.94. The highest BCUT2D eigenvalue weighted by Gasteiger charge is 2.15. The number of rotatable bonds is 5. The van der Waals surface area contributed by atoms with E-state index in [1.165, 1.54) is 37.8 Å². The Hall–Kier alpha value is -2.04. The molecule has 5 heteroatoms. The Balaban J connectivity index is 1.64. The molecule has 1 fully saturated rings. The van der Waals surface area contributed by atoms with E-state index in [0.29, 0.717) is 17.1 Å². The van der Waals surface area contributed by atoms with E-state index in [9.17, 15) is 4.79 Å². The third-order valence-corrected chi connectivity index (χ3v) is 3.94. The largest absolute Gasteiger partial charge is 0.478 e. The Morgan fingerprint density at radius 1 is 1.40 bits per heavy atom. The lowest BCUT2D eigenvalue weighted by Gasteiger charge is -2.07. The van der Waals surface area contributed by atoms with Crippen molar-refractivity contribution < 1.29 is 14.3 Å². The summed E-state index contributed by atoms with van der Waals surface area (Å²) in [6.45, 7) is 0.850. The van der Waals surface area contributed by atoms with Crippen molar-refractivity contribution in [1.82, 2.24) is 4.98 Å². The summed E-state index contributed by atoms with van der Waals surface area (Å²) in [5.41, 5.74) is 1.40. The highest BCUT2D eigenvalue weighted by Crippen LogP contribution is 2.27. The van der Waals surface area contributed by atoms with Gasteiger partial charge in [-0.25, -0.2) is 4.79 Å². The highest BCUT2D eigenvalue weighted by atomic mass is 16.4. The minimum absolute atomic E-state index is 0.214. The number of anilines is 1. The van der Waals surface area contributed by atoms with Gasteiger partial charge in [0.05, 0.1) is 5.56 Å². The van der Waals surface area contributed by atoms with Crippen LogP contribution >= 0.6 is 0 Å². The van der Waals surface area contributed by atoms with Crippen molar-refractivity contribution in [2.24, 2.45) is 5.92 Å². The fraction of sp³-hybridized carbons (Fsp3) is 0.467. The molecule has 0 bridgehead atoms. The molecule has 0 spiro atoms. The molecule has 5 nitrogen and oxygen atoms in total. The summed E-state index contributed by atoms with van der Waals surface area (Å²) in [5, 5.41) is 12.1. The molecule has 3 rings (SSSR count). The van der Waals surface area contributed by atoms with Gasteiger partial charge >= 0.3 is 5.97 Å². The van der Waals surface area contributed by atoms with Crippen molar-refractivity contribution in [2.75, 3.05) is 11.9 Å². The summed E-state index contributed by atoms with van der Waals surface area (Å²) in [7, 11) is 0. The molecule has 0 unspecified atom stereocenters. The number of nitrogens with zero attached hydrogens (tertiary/aromatic N) is 1. The molecule has 1 aromatic carbocycles. The summed E-state index contributed by atoms with van der Waals surface area (Å²) in [5.74, 6) is -0.135. The van der Waals surface area contributed by atoms with Crippen molar-refractivity contribution in [1.29, 1.82) is 0 Å². The van der Waals surface area contributed by atoms with Crippen molar-refractivity contribution in [3.63, 3.8) is 0 Å². The second-order valence-corrected chi connectivity index (χ2v) is 5.37. The zero-order valence-electron chi connectivity index (χ0n) is 11.3. The maximum Gasteiger partial charge on any atom is 0.335 e. The summed E-state index contributed by atoms with van der Waals surface area (Å²) in [4.78, 5) is 15.2. The smallest absolute Gasteiger partial charge is 0.335 e. The number of carbonyl (C=O) groups is 1. The quantitative estimate of drug-likeness (QED) is 0.872. The lowest BCUT2D eigenvalue weighted by atomic mass is 10.0. The molecule has 0 amide bonds. The minimum Gasteiger partial charge on any atom is -0.478 e. The molecule has 0 atom stereocenters. The predicted octanol–water partition coefficient (Wildman–Crippen LogP) is 3.52. The van der Waals surface area contributed by atoms with Gasteiger partial charge in [-0.1, -0.05) is 25.7 Å². The maximum absolute atomic E-state index is 10.9. The van der Waals surface area contributed by atoms with Gasteiger partial charge < -0.3 is 14.8 Å². The number of hydrogen-bond acceptors (Lipinski definition) is 4. The molecule has 2 N–H and O–H groups in total. The van der Waals surface area contributed by atoms with Crippen LogP contribution in [0.5, 0.6) is 0 Å². The van der Waals surface area contributed by atoms with Crippen molar-refractivity contribution in [2.45, 2.75) is 32.1 Å².